The SMILES string of the molecule is CS(=O)(=O)c1ccc(C(=O)OCC(=O)NC(=O)NCc2ccco2)cc1. The van der Waals surface area contributed by atoms with Crippen molar-refractivity contribution in [2.75, 3.05) is 12.9 Å². The van der Waals surface area contributed by atoms with Gasteiger partial charge in [-0.2, -0.15) is 0 Å². The van der Waals surface area contributed by atoms with Crippen molar-refractivity contribution in [1.29, 1.82) is 0 Å². The van der Waals surface area contributed by atoms with Crippen LogP contribution in [0, 0.1) is 0 Å². The van der Waals surface area contributed by atoms with Gasteiger partial charge in [-0.1, -0.05) is 0 Å². The summed E-state index contributed by atoms with van der Waals surface area (Å²) in [6, 6.07) is 7.60. The van der Waals surface area contributed by atoms with E-state index >= 15 is 0 Å². The van der Waals surface area contributed by atoms with Gasteiger partial charge in [-0.05, 0) is 36.4 Å². The molecule has 0 radical (unpaired) electrons. The molecule has 3 amide bonds. The van der Waals surface area contributed by atoms with E-state index in [0.29, 0.717) is 5.76 Å². The van der Waals surface area contributed by atoms with Gasteiger partial charge in [0.15, 0.2) is 16.4 Å². The fourth-order valence-electron chi connectivity index (χ4n) is 1.84. The Morgan fingerprint density at radius 1 is 1.12 bits per heavy atom. The highest BCUT2D eigenvalue weighted by molar-refractivity contribution is 7.90. The van der Waals surface area contributed by atoms with Crippen LogP contribution in [0.3, 0.4) is 0 Å². The van der Waals surface area contributed by atoms with Gasteiger partial charge >= 0.3 is 12.0 Å². The molecule has 0 saturated heterocycles. The van der Waals surface area contributed by atoms with Crippen molar-refractivity contribution >= 4 is 27.7 Å². The predicted octanol–water partition coefficient (Wildman–Crippen LogP) is 0.866. The van der Waals surface area contributed by atoms with E-state index in [1.807, 2.05) is 5.32 Å². The molecule has 9 nitrogen and oxygen atoms in total. The molecule has 2 aromatic rings. The number of sulfone groups is 1. The molecular formula is C16H16N2O7S. The highest BCUT2D eigenvalue weighted by Crippen LogP contribution is 2.11. The Labute approximate surface area is 149 Å². The van der Waals surface area contributed by atoms with E-state index in [1.54, 1.807) is 12.1 Å². The molecule has 10 heteroatoms. The molecule has 0 bridgehead atoms. The summed E-state index contributed by atoms with van der Waals surface area (Å²) in [5.74, 6) is -1.13. The number of imide groups is 1. The van der Waals surface area contributed by atoms with Crippen LogP contribution >= 0.6 is 0 Å². The van der Waals surface area contributed by atoms with E-state index in [-0.39, 0.29) is 17.0 Å². The van der Waals surface area contributed by atoms with E-state index in [4.69, 9.17) is 9.15 Å². The number of carbonyl (C=O) groups excluding carboxylic acids is 3. The third-order valence-corrected chi connectivity index (χ3v) is 4.24. The second-order valence-electron chi connectivity index (χ2n) is 5.18. The first-order valence-corrected chi connectivity index (χ1v) is 9.22. The van der Waals surface area contributed by atoms with Gasteiger partial charge in [0.05, 0.1) is 23.3 Å². The molecule has 0 aliphatic carbocycles. The number of urea groups is 1. The largest absolute Gasteiger partial charge is 0.467 e. The Morgan fingerprint density at radius 2 is 1.81 bits per heavy atom. The number of carbonyl (C=O) groups is 3. The molecule has 0 aliphatic rings. The van der Waals surface area contributed by atoms with Crippen LogP contribution in [0.2, 0.25) is 0 Å². The van der Waals surface area contributed by atoms with Gasteiger partial charge in [0.25, 0.3) is 5.91 Å². The summed E-state index contributed by atoms with van der Waals surface area (Å²) in [4.78, 5) is 35.0. The summed E-state index contributed by atoms with van der Waals surface area (Å²) in [5, 5.41) is 4.38. The Bertz CT molecular complexity index is 887. The molecule has 0 saturated carbocycles. The maximum absolute atomic E-state index is 11.8. The van der Waals surface area contributed by atoms with Crippen LogP contribution in [-0.4, -0.2) is 39.2 Å². The summed E-state index contributed by atoms with van der Waals surface area (Å²) >= 11 is 0. The van der Waals surface area contributed by atoms with Crippen molar-refractivity contribution in [3.05, 3.63) is 54.0 Å². The second kappa shape index (κ2) is 8.30. The molecule has 0 spiro atoms. The maximum atomic E-state index is 11.8. The number of rotatable bonds is 6. The lowest BCUT2D eigenvalue weighted by atomic mass is 10.2. The van der Waals surface area contributed by atoms with Crippen molar-refractivity contribution in [3.63, 3.8) is 0 Å². The van der Waals surface area contributed by atoms with Gasteiger partial charge in [-0.3, -0.25) is 10.1 Å². The Balaban J connectivity index is 1.77. The smallest absolute Gasteiger partial charge is 0.338 e. The summed E-state index contributed by atoms with van der Waals surface area (Å²) in [5.41, 5.74) is 0.0764. The topological polar surface area (TPSA) is 132 Å². The third-order valence-electron chi connectivity index (χ3n) is 3.11. The normalized spacial score (nSPS) is 10.8. The average molecular weight is 380 g/mol. The zero-order valence-electron chi connectivity index (χ0n) is 13.7. The lowest BCUT2D eigenvalue weighted by Gasteiger charge is -2.07. The Hall–Kier alpha value is -3.14. The van der Waals surface area contributed by atoms with Crippen LogP contribution in [0.1, 0.15) is 16.1 Å². The molecule has 2 rings (SSSR count). The van der Waals surface area contributed by atoms with Gasteiger partial charge in [0.2, 0.25) is 0 Å². The van der Waals surface area contributed by atoms with Crippen LogP contribution in [0.15, 0.2) is 52.0 Å². The summed E-state index contributed by atoms with van der Waals surface area (Å²) in [6.45, 7) is -0.570. The monoisotopic (exact) mass is 380 g/mol. The molecule has 1 aromatic heterocycles. The number of amides is 3. The first-order chi connectivity index (χ1) is 12.3. The van der Waals surface area contributed by atoms with E-state index in [9.17, 15) is 22.8 Å². The highest BCUT2D eigenvalue weighted by atomic mass is 32.2. The Kier molecular flexibility index (Phi) is 6.12. The molecule has 1 heterocycles. The van der Waals surface area contributed by atoms with Gasteiger partial charge in [-0.25, -0.2) is 18.0 Å². The predicted molar refractivity (Wildman–Crippen MR) is 88.9 cm³/mol. The van der Waals surface area contributed by atoms with Crippen LogP contribution in [0.25, 0.3) is 0 Å². The third kappa shape index (κ3) is 5.74. The van der Waals surface area contributed by atoms with E-state index in [0.717, 1.165) is 6.26 Å². The first-order valence-electron chi connectivity index (χ1n) is 7.33. The molecule has 138 valence electrons. The molecule has 0 aliphatic heterocycles. The molecule has 26 heavy (non-hydrogen) atoms. The van der Waals surface area contributed by atoms with Crippen LogP contribution in [0.5, 0.6) is 0 Å². The standard InChI is InChI=1S/C16H16N2O7S/c1-26(22,23)13-6-4-11(5-7-13)15(20)25-10-14(19)18-16(21)17-9-12-3-2-8-24-12/h2-8H,9-10H2,1H3,(H2,17,18,19,21). The number of hydrogen-bond donors (Lipinski definition) is 2. The molecule has 2 N–H and O–H groups in total. The van der Waals surface area contributed by atoms with Crippen molar-refractivity contribution in [2.24, 2.45) is 0 Å². The summed E-state index contributed by atoms with van der Waals surface area (Å²) in [7, 11) is -3.37. The van der Waals surface area contributed by atoms with Crippen LogP contribution in [0.4, 0.5) is 4.79 Å². The fourth-order valence-corrected chi connectivity index (χ4v) is 2.47. The average Bonchev–Trinajstić information content (AvgIpc) is 3.11. The Morgan fingerprint density at radius 3 is 2.38 bits per heavy atom. The highest BCUT2D eigenvalue weighted by Gasteiger charge is 2.14. The fraction of sp³-hybridized carbons (Fsp3) is 0.188. The lowest BCUT2D eigenvalue weighted by molar-refractivity contribution is -0.123. The van der Waals surface area contributed by atoms with E-state index in [1.165, 1.54) is 30.5 Å². The molecule has 1 aromatic carbocycles. The van der Waals surface area contributed by atoms with Crippen LogP contribution < -0.4 is 10.6 Å². The van der Waals surface area contributed by atoms with Crippen molar-refractivity contribution in [3.8, 4) is 0 Å². The van der Waals surface area contributed by atoms with E-state index < -0.39 is 34.4 Å². The maximum Gasteiger partial charge on any atom is 0.338 e. The molecule has 0 atom stereocenters. The number of hydrogen-bond acceptors (Lipinski definition) is 7. The molecular weight excluding hydrogens is 364 g/mol. The van der Waals surface area contributed by atoms with Crippen LogP contribution in [-0.2, 0) is 25.9 Å². The van der Waals surface area contributed by atoms with Gasteiger partial charge in [-0.15, -0.1) is 0 Å². The summed E-state index contributed by atoms with van der Waals surface area (Å²) in [6.07, 6.45) is 2.49. The quantitative estimate of drug-likeness (QED) is 0.711. The number of nitrogens with one attached hydrogen (secondary N) is 2. The molecule has 0 fully saturated rings. The minimum absolute atomic E-state index is 0.0556. The van der Waals surface area contributed by atoms with E-state index in [2.05, 4.69) is 5.32 Å². The summed E-state index contributed by atoms with van der Waals surface area (Å²) < 4.78 is 32.5. The lowest BCUT2D eigenvalue weighted by Crippen LogP contribution is -2.41. The van der Waals surface area contributed by atoms with Gasteiger partial charge in [0.1, 0.15) is 5.76 Å². The second-order valence-corrected chi connectivity index (χ2v) is 7.20. The zero-order chi connectivity index (χ0) is 19.2. The number of furan rings is 1. The van der Waals surface area contributed by atoms with Crippen molar-refractivity contribution < 1.29 is 32.0 Å². The molecule has 0 unspecified atom stereocenters. The number of benzene rings is 1. The first kappa shape index (κ1) is 19.2. The number of ether oxygens (including phenoxy) is 1. The van der Waals surface area contributed by atoms with Gasteiger partial charge in [0, 0.05) is 6.26 Å². The minimum atomic E-state index is -3.37. The van der Waals surface area contributed by atoms with Gasteiger partial charge < -0.3 is 14.5 Å². The van der Waals surface area contributed by atoms with Crippen molar-refractivity contribution in [2.45, 2.75) is 11.4 Å². The minimum Gasteiger partial charge on any atom is -0.467 e. The number of esters is 1. The van der Waals surface area contributed by atoms with Crippen molar-refractivity contribution in [1.82, 2.24) is 10.6 Å². The zero-order valence-corrected chi connectivity index (χ0v) is 14.5.